The molecule has 0 spiro atoms. The molecule has 0 aliphatic rings. The van der Waals surface area contributed by atoms with Gasteiger partial charge in [0.2, 0.25) is 0 Å². The van der Waals surface area contributed by atoms with Crippen LogP contribution < -0.4 is 0 Å². The van der Waals surface area contributed by atoms with Crippen LogP contribution in [0.5, 0.6) is 0 Å². The number of rotatable bonds is 0. The first-order valence-electron chi connectivity index (χ1n) is 0.667. The van der Waals surface area contributed by atoms with Crippen molar-refractivity contribution in [1.29, 1.82) is 0 Å². The molecule has 0 aromatic rings. The summed E-state index contributed by atoms with van der Waals surface area (Å²) in [7, 11) is -5.17. The van der Waals surface area contributed by atoms with E-state index >= 15 is 0 Å². The van der Waals surface area contributed by atoms with E-state index < -0.39 is 10.4 Å². The Morgan fingerprint density at radius 1 is 1.14 bits per heavy atom. The number of hydrogen-bond donors (Lipinski definition) is 0. The Morgan fingerprint density at radius 3 is 1.14 bits per heavy atom. The molecule has 0 unspecified atom stereocenters. The second-order valence-electron chi connectivity index (χ2n) is 0.408. The molecule has 0 N–H and O–H groups in total. The van der Waals surface area contributed by atoms with Crippen LogP contribution in [-0.4, -0.2) is 17.5 Å². The van der Waals surface area contributed by atoms with Gasteiger partial charge in [-0.2, -0.15) is 0 Å². The van der Waals surface area contributed by atoms with Crippen molar-refractivity contribution < 1.29 is 91.7 Å². The Bertz CT molecular complexity index is 94.9. The molecule has 0 amide bonds. The zero-order valence-electron chi connectivity index (χ0n) is 2.95. The van der Waals surface area contributed by atoms with Crippen LogP contribution in [0.2, 0.25) is 0 Å². The molecule has 7 heavy (non-hydrogen) atoms. The summed E-state index contributed by atoms with van der Waals surface area (Å²) in [6, 6.07) is 0. The smallest absolute Gasteiger partial charge is 0.759 e. The van der Waals surface area contributed by atoms with Gasteiger partial charge in [0.15, 0.2) is 0 Å². The fraction of sp³-hybridized carbons (Fsp3) is 0. The first kappa shape index (κ1) is 16.2. The van der Waals surface area contributed by atoms with Gasteiger partial charge in [-0.1, -0.05) is 0 Å². The van der Waals surface area contributed by atoms with E-state index in [0.29, 0.717) is 0 Å². The fourth-order valence-electron chi connectivity index (χ4n) is 0. The van der Waals surface area contributed by atoms with Crippen LogP contribution in [0.25, 0.3) is 0 Å². The zero-order valence-corrected chi connectivity index (χ0v) is 9.53. The summed E-state index contributed by atoms with van der Waals surface area (Å²) in [5.41, 5.74) is 0. The van der Waals surface area contributed by atoms with Crippen molar-refractivity contribution in [2.24, 2.45) is 0 Å². The van der Waals surface area contributed by atoms with E-state index in [2.05, 4.69) is 0 Å². The monoisotopic (exact) mass is 394 g/mol. The molecule has 0 atom stereocenters. The van der Waals surface area contributed by atoms with E-state index in [-0.39, 0.29) is 74.2 Å². The normalized spacial score (nSPS) is 8.29. The first-order chi connectivity index (χ1) is 2.00. The summed E-state index contributed by atoms with van der Waals surface area (Å²) < 4.78 is 34.1. The van der Waals surface area contributed by atoms with Crippen molar-refractivity contribution in [2.45, 2.75) is 0 Å². The molecule has 0 saturated carbocycles. The summed E-state index contributed by atoms with van der Waals surface area (Å²) in [6.45, 7) is 0. The standard InChI is InChI=1S/La.H2O4S.Tb/c;1-5(2,3)4;/h;(H2,1,2,3,4);/q+3;;+3/p-2. The van der Waals surface area contributed by atoms with Gasteiger partial charge >= 0.3 is 74.2 Å². The minimum absolute atomic E-state index is 0. The first-order valence-corrected chi connectivity index (χ1v) is 2.00. The molecule has 0 rings (SSSR count). The predicted octanol–water partition coefficient (Wildman–Crippen LogP) is -1.34. The summed E-state index contributed by atoms with van der Waals surface area (Å²) in [6.07, 6.45) is 0. The molecule has 0 fully saturated rings. The minimum atomic E-state index is -5.17. The summed E-state index contributed by atoms with van der Waals surface area (Å²) >= 11 is 0. The Balaban J connectivity index is -0.0000000800. The molecule has 0 aliphatic heterocycles. The SMILES string of the molecule is O=S(=O)([O-])[O-].[La+3].[Tb+3]. The molecule has 0 bridgehead atoms. The van der Waals surface area contributed by atoms with E-state index in [4.69, 9.17) is 17.5 Å². The number of hydrogen-bond acceptors (Lipinski definition) is 4. The van der Waals surface area contributed by atoms with Crippen molar-refractivity contribution in [3.05, 3.63) is 0 Å². The molecule has 38 valence electrons. The minimum Gasteiger partial charge on any atom is -0.759 e. The van der Waals surface area contributed by atoms with Crippen LogP contribution in [0.3, 0.4) is 0 Å². The largest absolute Gasteiger partial charge is 3.00 e. The molecule has 7 heteroatoms. The summed E-state index contributed by atoms with van der Waals surface area (Å²) in [4.78, 5) is 0. The summed E-state index contributed by atoms with van der Waals surface area (Å²) in [5.74, 6) is 0. The Labute approximate surface area is 100 Å². The van der Waals surface area contributed by atoms with E-state index in [1.807, 2.05) is 0 Å². The van der Waals surface area contributed by atoms with Crippen LogP contribution in [0.15, 0.2) is 0 Å². The van der Waals surface area contributed by atoms with Crippen LogP contribution in [0.1, 0.15) is 0 Å². The second-order valence-corrected chi connectivity index (χ2v) is 1.22. The maximum absolute atomic E-state index is 8.52. The van der Waals surface area contributed by atoms with Crippen molar-refractivity contribution in [3.63, 3.8) is 0 Å². The molecule has 0 saturated heterocycles. The van der Waals surface area contributed by atoms with Crippen LogP contribution >= 0.6 is 0 Å². The third-order valence-corrected chi connectivity index (χ3v) is 0. The van der Waals surface area contributed by atoms with Gasteiger partial charge in [-0.25, -0.2) is 0 Å². The van der Waals surface area contributed by atoms with Gasteiger partial charge in [-0.05, 0) is 0 Å². The average molecular weight is 394 g/mol. The van der Waals surface area contributed by atoms with Crippen molar-refractivity contribution >= 4 is 10.4 Å². The topological polar surface area (TPSA) is 80.3 Å². The van der Waals surface area contributed by atoms with Crippen molar-refractivity contribution in [3.8, 4) is 0 Å². The average Bonchev–Trinajstić information content (AvgIpc) is 0.722. The molecule has 0 aromatic heterocycles. The van der Waals surface area contributed by atoms with Crippen molar-refractivity contribution in [1.82, 2.24) is 0 Å². The van der Waals surface area contributed by atoms with Gasteiger partial charge in [0, 0.05) is 10.4 Å². The van der Waals surface area contributed by atoms with E-state index in [0.717, 1.165) is 0 Å². The summed E-state index contributed by atoms with van der Waals surface area (Å²) in [5, 5.41) is 0. The molecule has 0 aromatic carbocycles. The van der Waals surface area contributed by atoms with Gasteiger partial charge in [0.05, 0.1) is 0 Å². The maximum atomic E-state index is 8.52. The van der Waals surface area contributed by atoms with Gasteiger partial charge in [0.1, 0.15) is 0 Å². The third-order valence-electron chi connectivity index (χ3n) is 0. The molecule has 4 nitrogen and oxygen atoms in total. The van der Waals surface area contributed by atoms with Gasteiger partial charge in [-0.3, -0.25) is 8.42 Å². The molecule has 0 heterocycles. The van der Waals surface area contributed by atoms with Crippen LogP contribution in [0, 0.1) is 74.2 Å². The molecule has 0 aliphatic carbocycles. The molecular weight excluding hydrogens is 394 g/mol. The fourth-order valence-corrected chi connectivity index (χ4v) is 0. The van der Waals surface area contributed by atoms with Gasteiger partial charge in [-0.15, -0.1) is 0 Å². The van der Waals surface area contributed by atoms with Crippen LogP contribution in [-0.2, 0) is 10.4 Å². The Kier molecular flexibility index (Phi) is 14.9. The quantitative estimate of drug-likeness (QED) is 0.377. The molecule has 0 radical (unpaired) electrons. The third kappa shape index (κ3) is 61.0. The Morgan fingerprint density at radius 2 is 1.14 bits per heavy atom. The van der Waals surface area contributed by atoms with Crippen LogP contribution in [0.4, 0.5) is 0 Å². The van der Waals surface area contributed by atoms with E-state index in [1.54, 1.807) is 0 Å². The van der Waals surface area contributed by atoms with Gasteiger partial charge in [0.25, 0.3) is 0 Å². The Hall–Kier alpha value is 2.35. The molecular formula is LaO4STb+4. The van der Waals surface area contributed by atoms with Gasteiger partial charge < -0.3 is 9.11 Å². The van der Waals surface area contributed by atoms with Crippen molar-refractivity contribution in [2.75, 3.05) is 0 Å². The van der Waals surface area contributed by atoms with E-state index in [1.165, 1.54) is 0 Å². The van der Waals surface area contributed by atoms with E-state index in [9.17, 15) is 0 Å². The predicted molar refractivity (Wildman–Crippen MR) is 10.5 cm³/mol. The zero-order chi connectivity index (χ0) is 4.50. The maximum Gasteiger partial charge on any atom is 3.00 e. The second kappa shape index (κ2) is 6.47.